The average Bonchev–Trinajstić information content (AvgIpc) is 2.85. The van der Waals surface area contributed by atoms with Crippen LogP contribution < -0.4 is 5.32 Å². The van der Waals surface area contributed by atoms with E-state index in [-0.39, 0.29) is 5.82 Å². The van der Waals surface area contributed by atoms with E-state index >= 15 is 0 Å². The van der Waals surface area contributed by atoms with Crippen LogP contribution in [-0.2, 0) is 0 Å². The van der Waals surface area contributed by atoms with Gasteiger partial charge in [-0.05, 0) is 30.4 Å². The SMILES string of the molecule is Fc1cccc(Cl)c1NC1=NCC2(CCCC2)CS1. The summed E-state index contributed by atoms with van der Waals surface area (Å²) in [5, 5.41) is 4.20. The quantitative estimate of drug-likeness (QED) is 0.822. The maximum absolute atomic E-state index is 13.7. The first-order valence-corrected chi connectivity index (χ1v) is 7.93. The topological polar surface area (TPSA) is 24.4 Å². The molecule has 1 heterocycles. The van der Waals surface area contributed by atoms with Crippen molar-refractivity contribution in [2.24, 2.45) is 10.4 Å². The van der Waals surface area contributed by atoms with E-state index in [4.69, 9.17) is 11.6 Å². The number of para-hydroxylation sites is 1. The van der Waals surface area contributed by atoms with Gasteiger partial charge in [-0.25, -0.2) is 4.39 Å². The monoisotopic (exact) mass is 298 g/mol. The number of nitrogens with one attached hydrogen (secondary N) is 1. The minimum absolute atomic E-state index is 0.331. The van der Waals surface area contributed by atoms with Crippen LogP contribution in [0.4, 0.5) is 10.1 Å². The highest BCUT2D eigenvalue weighted by Crippen LogP contribution is 2.43. The van der Waals surface area contributed by atoms with Crippen LogP contribution in [0.1, 0.15) is 25.7 Å². The highest BCUT2D eigenvalue weighted by atomic mass is 35.5. The Hall–Kier alpha value is -0.740. The highest BCUT2D eigenvalue weighted by molar-refractivity contribution is 8.14. The third kappa shape index (κ3) is 2.75. The van der Waals surface area contributed by atoms with E-state index < -0.39 is 0 Å². The zero-order valence-electron chi connectivity index (χ0n) is 10.6. The lowest BCUT2D eigenvalue weighted by molar-refractivity contribution is 0.359. The van der Waals surface area contributed by atoms with Crippen molar-refractivity contribution >= 4 is 34.2 Å². The Morgan fingerprint density at radius 2 is 2.11 bits per heavy atom. The molecule has 5 heteroatoms. The molecule has 1 spiro atoms. The summed E-state index contributed by atoms with van der Waals surface area (Å²) in [5.74, 6) is 0.738. The molecule has 0 radical (unpaired) electrons. The standard InChI is InChI=1S/C14H16ClFN2S/c15-10-4-3-5-11(16)12(10)18-13-17-8-14(9-19-13)6-1-2-7-14/h3-5H,1-2,6-9H2,(H,17,18). The maximum atomic E-state index is 13.7. The van der Waals surface area contributed by atoms with Crippen LogP contribution in [0.25, 0.3) is 0 Å². The molecule has 1 saturated carbocycles. The summed E-state index contributed by atoms with van der Waals surface area (Å²) in [4.78, 5) is 4.59. The molecule has 0 saturated heterocycles. The van der Waals surface area contributed by atoms with E-state index in [0.29, 0.717) is 16.1 Å². The van der Waals surface area contributed by atoms with Crippen LogP contribution in [0.5, 0.6) is 0 Å². The molecule has 102 valence electrons. The molecule has 1 aliphatic heterocycles. The molecular formula is C14H16ClFN2S. The molecule has 1 N–H and O–H groups in total. The number of benzene rings is 1. The largest absolute Gasteiger partial charge is 0.331 e. The van der Waals surface area contributed by atoms with Crippen molar-refractivity contribution in [3.63, 3.8) is 0 Å². The number of hydrogen-bond acceptors (Lipinski definition) is 3. The lowest BCUT2D eigenvalue weighted by Crippen LogP contribution is -2.30. The Bertz CT molecular complexity index is 492. The van der Waals surface area contributed by atoms with E-state index in [9.17, 15) is 4.39 Å². The van der Waals surface area contributed by atoms with Gasteiger partial charge in [-0.1, -0.05) is 42.3 Å². The van der Waals surface area contributed by atoms with Crippen LogP contribution in [0.2, 0.25) is 5.02 Å². The number of halogens is 2. The molecule has 0 aromatic heterocycles. The van der Waals surface area contributed by atoms with Gasteiger partial charge in [0.15, 0.2) is 5.17 Å². The van der Waals surface area contributed by atoms with Crippen molar-refractivity contribution < 1.29 is 4.39 Å². The fraction of sp³-hybridized carbons (Fsp3) is 0.500. The van der Waals surface area contributed by atoms with Crippen molar-refractivity contribution in [1.82, 2.24) is 0 Å². The molecule has 0 unspecified atom stereocenters. The summed E-state index contributed by atoms with van der Waals surface area (Å²) in [6.07, 6.45) is 5.18. The van der Waals surface area contributed by atoms with E-state index in [1.54, 1.807) is 23.9 Å². The second kappa shape index (κ2) is 5.33. The van der Waals surface area contributed by atoms with Gasteiger partial charge < -0.3 is 5.32 Å². The summed E-state index contributed by atoms with van der Waals surface area (Å²) in [7, 11) is 0. The van der Waals surface area contributed by atoms with E-state index in [0.717, 1.165) is 17.5 Å². The summed E-state index contributed by atoms with van der Waals surface area (Å²) < 4.78 is 13.7. The van der Waals surface area contributed by atoms with Gasteiger partial charge in [0.1, 0.15) is 5.82 Å². The highest BCUT2D eigenvalue weighted by Gasteiger charge is 2.36. The van der Waals surface area contributed by atoms with Crippen LogP contribution in [-0.4, -0.2) is 17.5 Å². The lowest BCUT2D eigenvalue weighted by Gasteiger charge is -2.31. The van der Waals surface area contributed by atoms with Gasteiger partial charge in [0.05, 0.1) is 10.7 Å². The average molecular weight is 299 g/mol. The van der Waals surface area contributed by atoms with Crippen LogP contribution in [0, 0.1) is 11.2 Å². The van der Waals surface area contributed by atoms with Gasteiger partial charge in [-0.2, -0.15) is 0 Å². The Kier molecular flexibility index (Phi) is 3.72. The van der Waals surface area contributed by atoms with Gasteiger partial charge in [-0.3, -0.25) is 4.99 Å². The summed E-state index contributed by atoms with van der Waals surface area (Å²) >= 11 is 7.69. The predicted octanol–water partition coefficient (Wildman–Crippen LogP) is 4.55. The van der Waals surface area contributed by atoms with Crippen molar-refractivity contribution in [2.75, 3.05) is 17.6 Å². The van der Waals surface area contributed by atoms with Crippen LogP contribution in [0.3, 0.4) is 0 Å². The second-order valence-corrected chi connectivity index (χ2v) is 6.71. The van der Waals surface area contributed by atoms with E-state index in [2.05, 4.69) is 10.3 Å². The maximum Gasteiger partial charge on any atom is 0.161 e. The molecule has 0 amide bonds. The normalized spacial score (nSPS) is 21.5. The number of hydrogen-bond donors (Lipinski definition) is 1. The minimum atomic E-state index is -0.336. The Morgan fingerprint density at radius 1 is 1.32 bits per heavy atom. The van der Waals surface area contributed by atoms with Crippen molar-refractivity contribution in [3.8, 4) is 0 Å². The Morgan fingerprint density at radius 3 is 2.74 bits per heavy atom. The van der Waals surface area contributed by atoms with Gasteiger partial charge in [-0.15, -0.1) is 0 Å². The van der Waals surface area contributed by atoms with Crippen molar-refractivity contribution in [3.05, 3.63) is 29.0 Å². The molecule has 1 aliphatic carbocycles. The number of nitrogens with zero attached hydrogens (tertiary/aromatic N) is 1. The van der Waals surface area contributed by atoms with Gasteiger partial charge in [0.25, 0.3) is 0 Å². The summed E-state index contributed by atoms with van der Waals surface area (Å²) in [5.41, 5.74) is 0.729. The first-order chi connectivity index (χ1) is 9.19. The van der Waals surface area contributed by atoms with Crippen LogP contribution >= 0.6 is 23.4 Å². The molecule has 3 rings (SSSR count). The molecule has 0 atom stereocenters. The first-order valence-electron chi connectivity index (χ1n) is 6.57. The number of amidine groups is 1. The second-order valence-electron chi connectivity index (χ2n) is 5.34. The predicted molar refractivity (Wildman–Crippen MR) is 80.7 cm³/mol. The molecule has 2 aliphatic rings. The number of rotatable bonds is 1. The fourth-order valence-corrected chi connectivity index (χ4v) is 4.14. The number of anilines is 1. The summed E-state index contributed by atoms with van der Waals surface area (Å²) in [6.45, 7) is 0.856. The van der Waals surface area contributed by atoms with Crippen molar-refractivity contribution in [2.45, 2.75) is 25.7 Å². The zero-order valence-corrected chi connectivity index (χ0v) is 12.2. The third-order valence-corrected chi connectivity index (χ3v) is 5.51. The van der Waals surface area contributed by atoms with E-state index in [1.165, 1.54) is 31.7 Å². The molecular weight excluding hydrogens is 283 g/mol. The van der Waals surface area contributed by atoms with Crippen LogP contribution in [0.15, 0.2) is 23.2 Å². The first kappa shape index (κ1) is 13.3. The van der Waals surface area contributed by atoms with Gasteiger partial charge >= 0.3 is 0 Å². The molecule has 2 nitrogen and oxygen atoms in total. The molecule has 1 fully saturated rings. The van der Waals surface area contributed by atoms with E-state index in [1.807, 2.05) is 0 Å². The van der Waals surface area contributed by atoms with Crippen molar-refractivity contribution in [1.29, 1.82) is 0 Å². The minimum Gasteiger partial charge on any atom is -0.331 e. The molecule has 19 heavy (non-hydrogen) atoms. The molecule has 0 bridgehead atoms. The third-order valence-electron chi connectivity index (χ3n) is 3.93. The lowest BCUT2D eigenvalue weighted by atomic mass is 9.89. The molecule has 1 aromatic carbocycles. The fourth-order valence-electron chi connectivity index (χ4n) is 2.78. The smallest absolute Gasteiger partial charge is 0.161 e. The van der Waals surface area contributed by atoms with Gasteiger partial charge in [0.2, 0.25) is 0 Å². The number of aliphatic imine (C=N–C) groups is 1. The summed E-state index contributed by atoms with van der Waals surface area (Å²) in [6, 6.07) is 4.69. The number of thioether (sulfide) groups is 1. The molecule has 1 aromatic rings. The Labute approximate surface area is 121 Å². The zero-order chi connectivity index (χ0) is 13.3. The Balaban J connectivity index is 1.73. The van der Waals surface area contributed by atoms with Gasteiger partial charge in [0, 0.05) is 12.3 Å².